The second kappa shape index (κ2) is 5.43. The second-order valence-electron chi connectivity index (χ2n) is 7.00. The second-order valence-corrected chi connectivity index (χ2v) is 8.49. The van der Waals surface area contributed by atoms with Gasteiger partial charge in [0, 0.05) is 4.75 Å². The molecule has 0 saturated carbocycles. The van der Waals surface area contributed by atoms with Gasteiger partial charge in [-0.2, -0.15) is 0 Å². The number of fused-ring (bicyclic) bond motifs is 3. The Labute approximate surface area is 147 Å². The number of rotatable bonds is 1. The summed E-state index contributed by atoms with van der Waals surface area (Å²) in [5.41, 5.74) is 4.28. The van der Waals surface area contributed by atoms with Gasteiger partial charge in [0.05, 0.1) is 5.25 Å². The quantitative estimate of drug-likeness (QED) is 0.777. The smallest absolute Gasteiger partial charge is 0.231 e. The lowest BCUT2D eigenvalue weighted by Crippen LogP contribution is -2.37. The summed E-state index contributed by atoms with van der Waals surface area (Å²) < 4.78 is 11.6. The van der Waals surface area contributed by atoms with Crippen LogP contribution in [0.25, 0.3) is 0 Å². The standard InChI is InChI=1S/C20H21NO2S/c1-21-9-7-20(8-10-21)16-12-18-17(22-13-23-18)11-15(16)19(24-20)14-5-3-2-4-6-14/h2-6,11-12,19H,7-10,13H2,1H3. The largest absolute Gasteiger partial charge is 0.454 e. The number of benzene rings is 2. The third kappa shape index (κ3) is 2.16. The lowest BCUT2D eigenvalue weighted by atomic mass is 9.84. The first-order valence-corrected chi connectivity index (χ1v) is 9.48. The minimum atomic E-state index is 0.212. The predicted octanol–water partition coefficient (Wildman–Crippen LogP) is 4.17. The minimum absolute atomic E-state index is 0.212. The molecule has 1 spiro atoms. The molecule has 1 saturated heterocycles. The molecule has 3 aliphatic rings. The Morgan fingerprint density at radius 2 is 1.75 bits per heavy atom. The van der Waals surface area contributed by atoms with Crippen LogP contribution in [0.2, 0.25) is 0 Å². The van der Waals surface area contributed by atoms with E-state index in [9.17, 15) is 0 Å². The first kappa shape index (κ1) is 14.7. The molecule has 0 N–H and O–H groups in total. The van der Waals surface area contributed by atoms with Gasteiger partial charge >= 0.3 is 0 Å². The summed E-state index contributed by atoms with van der Waals surface area (Å²) in [5, 5.41) is 0.388. The van der Waals surface area contributed by atoms with Crippen LogP contribution in [-0.4, -0.2) is 31.8 Å². The van der Waals surface area contributed by atoms with E-state index in [4.69, 9.17) is 9.47 Å². The van der Waals surface area contributed by atoms with Crippen molar-refractivity contribution in [2.24, 2.45) is 0 Å². The molecule has 1 unspecified atom stereocenters. The molecule has 3 heterocycles. The molecule has 0 amide bonds. The SMILES string of the molecule is CN1CCC2(CC1)SC(c1ccccc1)c1cc3c(cc12)OCO3. The molecular weight excluding hydrogens is 318 g/mol. The average molecular weight is 339 g/mol. The number of thioether (sulfide) groups is 1. The molecule has 0 radical (unpaired) electrons. The van der Waals surface area contributed by atoms with E-state index in [-0.39, 0.29) is 4.75 Å². The average Bonchev–Trinajstić information content (AvgIpc) is 3.20. The maximum atomic E-state index is 5.68. The van der Waals surface area contributed by atoms with Crippen molar-refractivity contribution < 1.29 is 9.47 Å². The van der Waals surface area contributed by atoms with E-state index in [2.05, 4.69) is 66.2 Å². The Bertz CT molecular complexity index is 769. The van der Waals surface area contributed by atoms with Crippen molar-refractivity contribution in [2.45, 2.75) is 22.8 Å². The first-order valence-electron chi connectivity index (χ1n) is 8.60. The molecule has 3 nitrogen and oxygen atoms in total. The summed E-state index contributed by atoms with van der Waals surface area (Å²) in [7, 11) is 2.22. The normalized spacial score (nSPS) is 24.3. The Hall–Kier alpha value is -1.65. The van der Waals surface area contributed by atoms with Gasteiger partial charge in [0.25, 0.3) is 0 Å². The predicted molar refractivity (Wildman–Crippen MR) is 96.9 cm³/mol. The van der Waals surface area contributed by atoms with E-state index >= 15 is 0 Å². The molecular formula is C20H21NO2S. The Kier molecular flexibility index (Phi) is 3.32. The summed E-state index contributed by atoms with van der Waals surface area (Å²) in [6, 6.07) is 15.4. The third-order valence-corrected chi connectivity index (χ3v) is 7.40. The molecule has 0 aromatic heterocycles. The fraction of sp³-hybridized carbons (Fsp3) is 0.400. The van der Waals surface area contributed by atoms with E-state index in [0.717, 1.165) is 24.6 Å². The molecule has 0 bridgehead atoms. The molecule has 1 atom stereocenters. The zero-order chi connectivity index (χ0) is 16.1. The highest BCUT2D eigenvalue weighted by atomic mass is 32.2. The zero-order valence-electron chi connectivity index (χ0n) is 13.8. The van der Waals surface area contributed by atoms with E-state index in [0.29, 0.717) is 12.0 Å². The van der Waals surface area contributed by atoms with Crippen molar-refractivity contribution in [1.82, 2.24) is 4.90 Å². The van der Waals surface area contributed by atoms with Crippen LogP contribution in [0.15, 0.2) is 42.5 Å². The van der Waals surface area contributed by atoms with E-state index in [1.807, 2.05) is 0 Å². The molecule has 124 valence electrons. The minimum Gasteiger partial charge on any atom is -0.454 e. The number of hydrogen-bond donors (Lipinski definition) is 0. The van der Waals surface area contributed by atoms with E-state index in [1.54, 1.807) is 0 Å². The van der Waals surface area contributed by atoms with Crippen LogP contribution in [0.4, 0.5) is 0 Å². The Morgan fingerprint density at radius 3 is 2.50 bits per heavy atom. The number of nitrogens with zero attached hydrogens (tertiary/aromatic N) is 1. The highest BCUT2D eigenvalue weighted by molar-refractivity contribution is 8.01. The number of piperidine rings is 1. The van der Waals surface area contributed by atoms with Crippen LogP contribution in [0.5, 0.6) is 11.5 Å². The summed E-state index contributed by atoms with van der Waals surface area (Å²) in [5.74, 6) is 1.82. The van der Waals surface area contributed by atoms with Crippen LogP contribution in [0, 0.1) is 0 Å². The number of hydrogen-bond acceptors (Lipinski definition) is 4. The summed E-state index contributed by atoms with van der Waals surface area (Å²) in [6.45, 7) is 2.65. The van der Waals surface area contributed by atoms with Crippen LogP contribution >= 0.6 is 11.8 Å². The van der Waals surface area contributed by atoms with E-state index < -0.39 is 0 Å². The van der Waals surface area contributed by atoms with Gasteiger partial charge in [0.15, 0.2) is 11.5 Å². The monoisotopic (exact) mass is 339 g/mol. The van der Waals surface area contributed by atoms with Gasteiger partial charge in [-0.3, -0.25) is 0 Å². The van der Waals surface area contributed by atoms with Crippen LogP contribution in [-0.2, 0) is 4.75 Å². The molecule has 2 aromatic carbocycles. The van der Waals surface area contributed by atoms with Crippen molar-refractivity contribution in [3.05, 3.63) is 59.2 Å². The van der Waals surface area contributed by atoms with Crippen molar-refractivity contribution in [1.29, 1.82) is 0 Å². The third-order valence-electron chi connectivity index (χ3n) is 5.56. The summed E-state index contributed by atoms with van der Waals surface area (Å²) in [4.78, 5) is 2.44. The van der Waals surface area contributed by atoms with Crippen LogP contribution in [0.3, 0.4) is 0 Å². The first-order chi connectivity index (χ1) is 11.8. The molecule has 4 heteroatoms. The van der Waals surface area contributed by atoms with Gasteiger partial charge in [-0.25, -0.2) is 0 Å². The Morgan fingerprint density at radius 1 is 1.04 bits per heavy atom. The van der Waals surface area contributed by atoms with Gasteiger partial charge in [0.2, 0.25) is 6.79 Å². The molecule has 5 rings (SSSR count). The van der Waals surface area contributed by atoms with Gasteiger partial charge in [-0.1, -0.05) is 30.3 Å². The van der Waals surface area contributed by atoms with Crippen LogP contribution in [0.1, 0.15) is 34.8 Å². The fourth-order valence-corrected chi connectivity index (χ4v) is 5.95. The van der Waals surface area contributed by atoms with Gasteiger partial charge < -0.3 is 14.4 Å². The van der Waals surface area contributed by atoms with Gasteiger partial charge in [-0.05, 0) is 61.8 Å². The summed E-state index contributed by atoms with van der Waals surface area (Å²) in [6.07, 6.45) is 2.40. The summed E-state index contributed by atoms with van der Waals surface area (Å²) >= 11 is 2.13. The highest BCUT2D eigenvalue weighted by Crippen LogP contribution is 2.62. The van der Waals surface area contributed by atoms with Gasteiger partial charge in [0.1, 0.15) is 0 Å². The fourth-order valence-electron chi connectivity index (χ4n) is 4.16. The lowest BCUT2D eigenvalue weighted by molar-refractivity contribution is 0.174. The van der Waals surface area contributed by atoms with Crippen molar-refractivity contribution in [3.8, 4) is 11.5 Å². The number of likely N-dealkylation sites (tertiary alicyclic amines) is 1. The van der Waals surface area contributed by atoms with Crippen LogP contribution < -0.4 is 9.47 Å². The van der Waals surface area contributed by atoms with Crippen molar-refractivity contribution in [2.75, 3.05) is 26.9 Å². The topological polar surface area (TPSA) is 21.7 Å². The van der Waals surface area contributed by atoms with E-state index in [1.165, 1.54) is 29.5 Å². The lowest BCUT2D eigenvalue weighted by Gasteiger charge is -2.38. The zero-order valence-corrected chi connectivity index (χ0v) is 14.6. The molecule has 24 heavy (non-hydrogen) atoms. The number of ether oxygens (including phenoxy) is 2. The maximum absolute atomic E-state index is 5.68. The molecule has 3 aliphatic heterocycles. The van der Waals surface area contributed by atoms with Crippen molar-refractivity contribution >= 4 is 11.8 Å². The maximum Gasteiger partial charge on any atom is 0.231 e. The molecule has 1 fully saturated rings. The van der Waals surface area contributed by atoms with Gasteiger partial charge in [-0.15, -0.1) is 11.8 Å². The molecule has 2 aromatic rings. The van der Waals surface area contributed by atoms with Crippen molar-refractivity contribution in [3.63, 3.8) is 0 Å². The molecule has 0 aliphatic carbocycles. The Balaban J connectivity index is 1.64. The highest BCUT2D eigenvalue weighted by Gasteiger charge is 2.47.